The lowest BCUT2D eigenvalue weighted by molar-refractivity contribution is 0.100. The highest BCUT2D eigenvalue weighted by atomic mass is 32.1. The van der Waals surface area contributed by atoms with E-state index in [4.69, 9.17) is 10.5 Å². The number of nitrogens with zero attached hydrogens (tertiary/aromatic N) is 5. The predicted octanol–water partition coefficient (Wildman–Crippen LogP) is 4.53. The van der Waals surface area contributed by atoms with Crippen molar-refractivity contribution >= 4 is 39.1 Å². The molecule has 0 radical (unpaired) electrons. The molecule has 10 nitrogen and oxygen atoms in total. The zero-order valence-corrected chi connectivity index (χ0v) is 21.0. The van der Waals surface area contributed by atoms with Crippen molar-refractivity contribution in [1.29, 1.82) is 0 Å². The highest BCUT2D eigenvalue weighted by Crippen LogP contribution is 2.43. The van der Waals surface area contributed by atoms with Gasteiger partial charge in [-0.3, -0.25) is 14.3 Å². The average molecular weight is 538 g/mol. The number of aromatic nitrogens is 5. The fraction of sp³-hybridized carbons (Fsp3) is 0.160. The van der Waals surface area contributed by atoms with Gasteiger partial charge in [-0.1, -0.05) is 18.2 Å². The highest BCUT2D eigenvalue weighted by molar-refractivity contribution is 7.21. The Labute approximate surface area is 218 Å². The van der Waals surface area contributed by atoms with Crippen LogP contribution in [0.25, 0.3) is 21.3 Å². The van der Waals surface area contributed by atoms with Crippen LogP contribution in [0.5, 0.6) is 5.75 Å². The van der Waals surface area contributed by atoms with E-state index in [2.05, 4.69) is 20.5 Å². The number of benzene rings is 1. The number of carbonyl (C=O) groups is 2. The Kier molecular flexibility index (Phi) is 6.59. The second-order valence-corrected chi connectivity index (χ2v) is 9.33. The van der Waals surface area contributed by atoms with Gasteiger partial charge in [0.05, 0.1) is 11.4 Å². The molecular formula is C25H21F2N7O3S. The topological polar surface area (TPSA) is 130 Å². The second-order valence-electron chi connectivity index (χ2n) is 8.33. The number of amides is 2. The molecule has 5 rings (SSSR count). The lowest BCUT2D eigenvalue weighted by atomic mass is 10.0. The summed E-state index contributed by atoms with van der Waals surface area (Å²) in [6, 6.07) is 11.8. The molecule has 194 valence electrons. The summed E-state index contributed by atoms with van der Waals surface area (Å²) in [5.74, 6) is -0.825. The molecule has 13 heteroatoms. The summed E-state index contributed by atoms with van der Waals surface area (Å²) in [6.45, 7) is 1.80. The summed E-state index contributed by atoms with van der Waals surface area (Å²) in [4.78, 5) is 29.7. The lowest BCUT2D eigenvalue weighted by Crippen LogP contribution is -2.17. The number of rotatable bonds is 8. The molecule has 2 amide bonds. The van der Waals surface area contributed by atoms with E-state index in [1.165, 1.54) is 16.8 Å². The van der Waals surface area contributed by atoms with Crippen LogP contribution in [-0.4, -0.2) is 36.4 Å². The molecule has 4 aromatic heterocycles. The minimum absolute atomic E-state index is 0.0260. The van der Waals surface area contributed by atoms with E-state index in [0.29, 0.717) is 28.0 Å². The van der Waals surface area contributed by atoms with E-state index in [-0.39, 0.29) is 27.8 Å². The number of anilines is 1. The van der Waals surface area contributed by atoms with Gasteiger partial charge in [-0.15, -0.1) is 11.3 Å². The molecule has 0 aliphatic heterocycles. The Morgan fingerprint density at radius 1 is 1.16 bits per heavy atom. The van der Waals surface area contributed by atoms with Crippen molar-refractivity contribution in [2.24, 2.45) is 12.8 Å². The van der Waals surface area contributed by atoms with Gasteiger partial charge in [0.25, 0.3) is 18.2 Å². The molecule has 5 aromatic rings. The van der Waals surface area contributed by atoms with Crippen LogP contribution in [0.2, 0.25) is 0 Å². The van der Waals surface area contributed by atoms with Crippen LogP contribution in [0.1, 0.15) is 38.0 Å². The maximum absolute atomic E-state index is 13.7. The van der Waals surface area contributed by atoms with Crippen LogP contribution in [-0.2, 0) is 13.8 Å². The number of primary amides is 1. The molecule has 0 aliphatic rings. The number of alkyl halides is 2. The van der Waals surface area contributed by atoms with E-state index in [0.717, 1.165) is 11.3 Å². The van der Waals surface area contributed by atoms with Crippen molar-refractivity contribution in [3.05, 3.63) is 76.8 Å². The fourth-order valence-electron chi connectivity index (χ4n) is 3.99. The normalized spacial score (nSPS) is 11.3. The third kappa shape index (κ3) is 4.83. The maximum Gasteiger partial charge on any atom is 0.280 e. The molecular weight excluding hydrogens is 516 g/mol. The van der Waals surface area contributed by atoms with Gasteiger partial charge in [-0.25, -0.2) is 18.4 Å². The summed E-state index contributed by atoms with van der Waals surface area (Å²) < 4.78 is 36.0. The molecule has 0 spiro atoms. The van der Waals surface area contributed by atoms with Gasteiger partial charge >= 0.3 is 0 Å². The smallest absolute Gasteiger partial charge is 0.280 e. The van der Waals surface area contributed by atoms with Gasteiger partial charge in [0.15, 0.2) is 12.4 Å². The van der Waals surface area contributed by atoms with Gasteiger partial charge < -0.3 is 15.8 Å². The standard InChI is InChI=1S/C25H21F2N7O3S/c1-13-16(11-33(2)31-13)15-10-18(22(26)27)29-25-19(15)20(21(38-25)23(28)35)30-24(36)17-8-9-34(32-17)12-37-14-6-4-3-5-7-14/h3-11,22H,12H2,1-2H3,(H2,28,35)(H,30,36). The first-order valence-corrected chi connectivity index (χ1v) is 12.1. The molecule has 3 N–H and O–H groups in total. The number of halogens is 2. The number of fused-ring (bicyclic) bond motifs is 1. The number of pyridine rings is 1. The fourth-order valence-corrected chi connectivity index (χ4v) is 5.00. The van der Waals surface area contributed by atoms with E-state index >= 15 is 0 Å². The summed E-state index contributed by atoms with van der Waals surface area (Å²) >= 11 is 0.827. The third-order valence-corrected chi connectivity index (χ3v) is 6.75. The monoisotopic (exact) mass is 537 g/mol. The number of nitrogens with one attached hydrogen (secondary N) is 1. The van der Waals surface area contributed by atoms with Gasteiger partial charge in [0.2, 0.25) is 0 Å². The molecule has 0 saturated carbocycles. The zero-order chi connectivity index (χ0) is 27.0. The van der Waals surface area contributed by atoms with Crippen molar-refractivity contribution < 1.29 is 23.1 Å². The van der Waals surface area contributed by atoms with Crippen LogP contribution in [0, 0.1) is 6.92 Å². The molecule has 0 unspecified atom stereocenters. The third-order valence-electron chi connectivity index (χ3n) is 5.65. The minimum Gasteiger partial charge on any atom is -0.471 e. The Morgan fingerprint density at radius 2 is 1.92 bits per heavy atom. The van der Waals surface area contributed by atoms with Crippen molar-refractivity contribution in [2.45, 2.75) is 20.1 Å². The Bertz CT molecular complexity index is 1660. The number of para-hydroxylation sites is 1. The summed E-state index contributed by atoms with van der Waals surface area (Å²) in [5, 5.41) is 11.5. The first-order valence-electron chi connectivity index (χ1n) is 11.3. The van der Waals surface area contributed by atoms with Crippen LogP contribution in [0.4, 0.5) is 14.5 Å². The first kappa shape index (κ1) is 25.0. The van der Waals surface area contributed by atoms with Crippen molar-refractivity contribution in [2.75, 3.05) is 5.32 Å². The predicted molar refractivity (Wildman–Crippen MR) is 137 cm³/mol. The number of hydrogen-bond acceptors (Lipinski definition) is 7. The van der Waals surface area contributed by atoms with Crippen molar-refractivity contribution in [3.63, 3.8) is 0 Å². The summed E-state index contributed by atoms with van der Waals surface area (Å²) in [5.41, 5.74) is 6.72. The van der Waals surface area contributed by atoms with Gasteiger partial charge in [-0.05, 0) is 36.8 Å². The van der Waals surface area contributed by atoms with Crippen molar-refractivity contribution in [3.8, 4) is 16.9 Å². The van der Waals surface area contributed by atoms with E-state index in [9.17, 15) is 18.4 Å². The van der Waals surface area contributed by atoms with Crippen LogP contribution >= 0.6 is 11.3 Å². The molecule has 0 atom stereocenters. The number of ether oxygens (including phenoxy) is 1. The van der Waals surface area contributed by atoms with Crippen LogP contribution in [0.3, 0.4) is 0 Å². The van der Waals surface area contributed by atoms with Gasteiger partial charge in [0.1, 0.15) is 21.2 Å². The van der Waals surface area contributed by atoms with Crippen LogP contribution < -0.4 is 15.8 Å². The SMILES string of the molecule is Cc1nn(C)cc1-c1cc(C(F)F)nc2sc(C(N)=O)c(NC(=O)c3ccn(COc4ccccc4)n3)c12. The average Bonchev–Trinajstić information content (AvgIpc) is 3.60. The Hall–Kier alpha value is -4.65. The van der Waals surface area contributed by atoms with Crippen molar-refractivity contribution in [1.82, 2.24) is 24.5 Å². The molecule has 1 aromatic carbocycles. The number of carbonyl (C=O) groups excluding carboxylic acids is 2. The first-order chi connectivity index (χ1) is 18.2. The number of thiophene rings is 1. The van der Waals surface area contributed by atoms with E-state index in [1.807, 2.05) is 18.2 Å². The Morgan fingerprint density at radius 3 is 2.58 bits per heavy atom. The van der Waals surface area contributed by atoms with Gasteiger partial charge in [0, 0.05) is 30.4 Å². The lowest BCUT2D eigenvalue weighted by Gasteiger charge is -2.10. The zero-order valence-electron chi connectivity index (χ0n) is 20.2. The maximum atomic E-state index is 13.7. The second kappa shape index (κ2) is 10.0. The molecule has 0 bridgehead atoms. The minimum atomic E-state index is -2.85. The molecule has 38 heavy (non-hydrogen) atoms. The number of hydrogen-bond donors (Lipinski definition) is 2. The molecule has 0 saturated heterocycles. The summed E-state index contributed by atoms with van der Waals surface area (Å²) in [6.07, 6.45) is 0.384. The Balaban J connectivity index is 1.53. The molecule has 0 fully saturated rings. The largest absolute Gasteiger partial charge is 0.471 e. The highest BCUT2D eigenvalue weighted by Gasteiger charge is 2.26. The molecule has 4 heterocycles. The number of aryl methyl sites for hydroxylation is 2. The van der Waals surface area contributed by atoms with E-state index in [1.54, 1.807) is 43.2 Å². The summed E-state index contributed by atoms with van der Waals surface area (Å²) in [7, 11) is 1.70. The number of nitrogens with two attached hydrogens (primary N) is 1. The van der Waals surface area contributed by atoms with Crippen LogP contribution in [0.15, 0.2) is 54.9 Å². The van der Waals surface area contributed by atoms with Gasteiger partial charge in [-0.2, -0.15) is 10.2 Å². The quantitative estimate of drug-likeness (QED) is 0.299. The molecule has 0 aliphatic carbocycles. The van der Waals surface area contributed by atoms with E-state index < -0.39 is 23.9 Å².